The topological polar surface area (TPSA) is 66.8 Å². The van der Waals surface area contributed by atoms with Gasteiger partial charge < -0.3 is 9.84 Å². The van der Waals surface area contributed by atoms with Gasteiger partial charge in [-0.05, 0) is 36.8 Å². The lowest BCUT2D eigenvalue weighted by molar-refractivity contribution is -0.132. The van der Waals surface area contributed by atoms with Crippen molar-refractivity contribution >= 4 is 46.3 Å². The van der Waals surface area contributed by atoms with Crippen molar-refractivity contribution in [3.63, 3.8) is 0 Å². The molecule has 1 fully saturated rings. The first-order valence-corrected chi connectivity index (χ1v) is 10.7. The maximum absolute atomic E-state index is 15.0. The number of rotatable bonds is 4. The molecule has 8 heteroatoms. The van der Waals surface area contributed by atoms with E-state index in [1.54, 1.807) is 37.3 Å². The number of para-hydroxylation sites is 1. The van der Waals surface area contributed by atoms with Gasteiger partial charge in [-0.1, -0.05) is 59.6 Å². The molecule has 4 rings (SSSR count). The molecule has 0 radical (unpaired) electrons. The highest BCUT2D eigenvalue weighted by Gasteiger charge is 2.48. The van der Waals surface area contributed by atoms with Crippen LogP contribution >= 0.6 is 23.2 Å². The van der Waals surface area contributed by atoms with Gasteiger partial charge in [0.25, 0.3) is 11.7 Å². The number of halogens is 3. The minimum atomic E-state index is -1.23. The molecule has 1 heterocycles. The average molecular weight is 486 g/mol. The first-order valence-electron chi connectivity index (χ1n) is 9.90. The average Bonchev–Trinajstić information content (AvgIpc) is 3.04. The molecule has 0 saturated carbocycles. The fraction of sp³-hybridized carbons (Fsp3) is 0.120. The van der Waals surface area contributed by atoms with Crippen LogP contribution in [0.4, 0.5) is 10.1 Å². The van der Waals surface area contributed by atoms with Crippen LogP contribution in [0, 0.1) is 12.7 Å². The molecule has 1 amide bonds. The number of hydrogen-bond acceptors (Lipinski definition) is 4. The van der Waals surface area contributed by atoms with E-state index >= 15 is 0 Å². The van der Waals surface area contributed by atoms with Crippen molar-refractivity contribution in [2.75, 3.05) is 12.0 Å². The predicted octanol–water partition coefficient (Wildman–Crippen LogP) is 6.08. The summed E-state index contributed by atoms with van der Waals surface area (Å²) in [4.78, 5) is 27.6. The fourth-order valence-electron chi connectivity index (χ4n) is 3.99. The summed E-state index contributed by atoms with van der Waals surface area (Å²) in [6.45, 7) is 1.77. The van der Waals surface area contributed by atoms with Crippen molar-refractivity contribution < 1.29 is 23.8 Å². The number of benzene rings is 3. The van der Waals surface area contributed by atoms with Gasteiger partial charge in [0, 0.05) is 16.3 Å². The number of ketones is 1. The van der Waals surface area contributed by atoms with E-state index in [1.807, 2.05) is 0 Å². The Morgan fingerprint density at radius 1 is 1.06 bits per heavy atom. The zero-order valence-electron chi connectivity index (χ0n) is 17.6. The lowest BCUT2D eigenvalue weighted by Gasteiger charge is -2.27. The molecule has 168 valence electrons. The van der Waals surface area contributed by atoms with Crippen molar-refractivity contribution in [2.45, 2.75) is 13.0 Å². The number of aryl methyl sites for hydroxylation is 1. The van der Waals surface area contributed by atoms with Gasteiger partial charge in [-0.2, -0.15) is 0 Å². The molecule has 33 heavy (non-hydrogen) atoms. The van der Waals surface area contributed by atoms with Gasteiger partial charge in [0.1, 0.15) is 17.3 Å². The van der Waals surface area contributed by atoms with Crippen LogP contribution in [0.2, 0.25) is 10.0 Å². The second-order valence-corrected chi connectivity index (χ2v) is 8.29. The third kappa shape index (κ3) is 3.86. The van der Waals surface area contributed by atoms with Crippen LogP contribution in [-0.2, 0) is 9.59 Å². The summed E-state index contributed by atoms with van der Waals surface area (Å²) in [6.07, 6.45) is 0. The SMILES string of the molecule is COc1c(Cl)cc(Cl)cc1/C(O)=C1\C(=O)C(=O)N(c2ccccc2C)C1c1ccccc1F. The molecule has 1 N–H and O–H groups in total. The highest BCUT2D eigenvalue weighted by molar-refractivity contribution is 6.52. The van der Waals surface area contributed by atoms with Gasteiger partial charge in [0.15, 0.2) is 0 Å². The van der Waals surface area contributed by atoms with Gasteiger partial charge in [-0.25, -0.2) is 4.39 Å². The van der Waals surface area contributed by atoms with Crippen LogP contribution in [-0.4, -0.2) is 23.9 Å². The van der Waals surface area contributed by atoms with E-state index in [0.29, 0.717) is 11.3 Å². The number of ether oxygens (including phenoxy) is 1. The van der Waals surface area contributed by atoms with Crippen molar-refractivity contribution in [1.29, 1.82) is 0 Å². The number of anilines is 1. The van der Waals surface area contributed by atoms with Crippen LogP contribution in [0.1, 0.15) is 22.7 Å². The molecular formula is C25H18Cl2FNO4. The number of hydrogen-bond donors (Lipinski definition) is 1. The third-order valence-electron chi connectivity index (χ3n) is 5.49. The summed E-state index contributed by atoms with van der Waals surface area (Å²) in [6, 6.07) is 14.3. The van der Waals surface area contributed by atoms with Gasteiger partial charge in [0.05, 0.1) is 29.3 Å². The summed E-state index contributed by atoms with van der Waals surface area (Å²) in [5.41, 5.74) is 0.879. The van der Waals surface area contributed by atoms with Crippen molar-refractivity contribution in [3.8, 4) is 5.75 Å². The monoisotopic (exact) mass is 485 g/mol. The van der Waals surface area contributed by atoms with Gasteiger partial charge in [-0.15, -0.1) is 0 Å². The molecule has 0 aromatic heterocycles. The molecular weight excluding hydrogens is 468 g/mol. The lowest BCUT2D eigenvalue weighted by atomic mass is 9.94. The first-order chi connectivity index (χ1) is 15.8. The second kappa shape index (κ2) is 8.89. The van der Waals surface area contributed by atoms with Crippen molar-refractivity contribution in [3.05, 3.63) is 98.8 Å². The molecule has 1 unspecified atom stereocenters. The van der Waals surface area contributed by atoms with E-state index < -0.39 is 29.3 Å². The van der Waals surface area contributed by atoms with Crippen LogP contribution in [0.5, 0.6) is 5.75 Å². The van der Waals surface area contributed by atoms with E-state index in [4.69, 9.17) is 27.9 Å². The van der Waals surface area contributed by atoms with Crippen LogP contribution in [0.25, 0.3) is 5.76 Å². The Balaban J connectivity index is 2.05. The molecule has 0 aliphatic carbocycles. The standard InChI is InChI=1S/C25H18Cl2FNO4/c1-13-7-3-6-10-19(13)29-21(15-8-4-5-9-18(15)28)20(23(31)25(29)32)22(30)16-11-14(26)12-17(27)24(16)33-2/h3-12,21,30H,1-2H3/b22-20+. The number of carbonyl (C=O) groups is 2. The Morgan fingerprint density at radius 3 is 2.39 bits per heavy atom. The van der Waals surface area contributed by atoms with E-state index in [0.717, 1.165) is 0 Å². The highest BCUT2D eigenvalue weighted by Crippen LogP contribution is 2.45. The summed E-state index contributed by atoms with van der Waals surface area (Å²) >= 11 is 12.3. The summed E-state index contributed by atoms with van der Waals surface area (Å²) in [7, 11) is 1.34. The van der Waals surface area contributed by atoms with Crippen LogP contribution < -0.4 is 9.64 Å². The van der Waals surface area contributed by atoms with Crippen LogP contribution in [0.3, 0.4) is 0 Å². The van der Waals surface area contributed by atoms with Crippen molar-refractivity contribution in [2.24, 2.45) is 0 Å². The molecule has 1 saturated heterocycles. The number of carbonyl (C=O) groups excluding carboxylic acids is 2. The molecule has 1 aliphatic rings. The Labute approximate surface area is 199 Å². The fourth-order valence-corrected chi connectivity index (χ4v) is 4.57. The van der Waals surface area contributed by atoms with E-state index in [-0.39, 0.29) is 32.5 Å². The molecule has 1 aliphatic heterocycles. The third-order valence-corrected chi connectivity index (χ3v) is 5.99. The number of Topliss-reactive ketones (excluding diaryl/α,β-unsaturated/α-hetero) is 1. The number of aliphatic hydroxyl groups is 1. The van der Waals surface area contributed by atoms with Crippen LogP contribution in [0.15, 0.2) is 66.2 Å². The lowest BCUT2D eigenvalue weighted by Crippen LogP contribution is -2.30. The number of amides is 1. The molecule has 1 atom stereocenters. The quantitative estimate of drug-likeness (QED) is 0.276. The zero-order valence-corrected chi connectivity index (χ0v) is 19.1. The molecule has 3 aromatic carbocycles. The zero-order chi connectivity index (χ0) is 23.9. The Kier molecular flexibility index (Phi) is 6.15. The Morgan fingerprint density at radius 2 is 1.73 bits per heavy atom. The van der Waals surface area contributed by atoms with Gasteiger partial charge in [-0.3, -0.25) is 14.5 Å². The first kappa shape index (κ1) is 22.8. The number of methoxy groups -OCH3 is 1. The molecule has 0 spiro atoms. The van der Waals surface area contributed by atoms with Crippen molar-refractivity contribution in [1.82, 2.24) is 0 Å². The summed E-state index contributed by atoms with van der Waals surface area (Å²) in [5, 5.41) is 11.6. The molecule has 3 aromatic rings. The minimum absolute atomic E-state index is 0.0131. The van der Waals surface area contributed by atoms with E-state index in [2.05, 4.69) is 0 Å². The smallest absolute Gasteiger partial charge is 0.300 e. The second-order valence-electron chi connectivity index (χ2n) is 7.45. The largest absolute Gasteiger partial charge is 0.507 e. The highest BCUT2D eigenvalue weighted by atomic mass is 35.5. The predicted molar refractivity (Wildman–Crippen MR) is 125 cm³/mol. The maximum atomic E-state index is 15.0. The number of nitrogens with zero attached hydrogens (tertiary/aromatic N) is 1. The normalized spacial score (nSPS) is 17.5. The Hall–Kier alpha value is -3.35. The Bertz CT molecular complexity index is 1320. The minimum Gasteiger partial charge on any atom is -0.507 e. The van der Waals surface area contributed by atoms with Gasteiger partial charge in [0.2, 0.25) is 0 Å². The number of aliphatic hydroxyl groups excluding tert-OH is 1. The maximum Gasteiger partial charge on any atom is 0.300 e. The summed E-state index contributed by atoms with van der Waals surface area (Å²) < 4.78 is 20.3. The van der Waals surface area contributed by atoms with E-state index in [1.165, 1.54) is 42.3 Å². The van der Waals surface area contributed by atoms with Gasteiger partial charge >= 0.3 is 0 Å². The molecule has 5 nitrogen and oxygen atoms in total. The summed E-state index contributed by atoms with van der Waals surface area (Å²) in [5.74, 6) is -3.01. The molecule has 0 bridgehead atoms. The van der Waals surface area contributed by atoms with E-state index in [9.17, 15) is 19.1 Å².